The van der Waals surface area contributed by atoms with Crippen molar-refractivity contribution in [1.29, 1.82) is 0 Å². The third-order valence-corrected chi connectivity index (χ3v) is 4.11. The highest BCUT2D eigenvalue weighted by atomic mass is 32.2. The van der Waals surface area contributed by atoms with Crippen molar-refractivity contribution in [3.63, 3.8) is 0 Å². The molecule has 1 rings (SSSR count). The van der Waals surface area contributed by atoms with Gasteiger partial charge in [0.15, 0.2) is 9.84 Å². The first-order valence-electron chi connectivity index (χ1n) is 5.24. The molecule has 0 saturated carbocycles. The molecule has 0 aliphatic carbocycles. The Kier molecular flexibility index (Phi) is 4.89. The van der Waals surface area contributed by atoms with Gasteiger partial charge in [-0.1, -0.05) is 6.42 Å². The Morgan fingerprint density at radius 2 is 1.69 bits per heavy atom. The van der Waals surface area contributed by atoms with Gasteiger partial charge in [-0.25, -0.2) is 12.8 Å². The topological polar surface area (TPSA) is 60.2 Å². The maximum atomic E-state index is 12.6. The lowest BCUT2D eigenvalue weighted by Crippen LogP contribution is -2.07. The number of sulfone groups is 1. The van der Waals surface area contributed by atoms with Crippen LogP contribution in [-0.4, -0.2) is 20.7 Å². The van der Waals surface area contributed by atoms with Crippen molar-refractivity contribution in [1.82, 2.24) is 0 Å². The van der Waals surface area contributed by atoms with E-state index in [1.165, 1.54) is 12.1 Å². The molecule has 0 atom stereocenters. The van der Waals surface area contributed by atoms with E-state index in [-0.39, 0.29) is 10.6 Å². The van der Waals surface area contributed by atoms with E-state index in [4.69, 9.17) is 5.73 Å². The highest BCUT2D eigenvalue weighted by Gasteiger charge is 2.13. The smallest absolute Gasteiger partial charge is 0.178 e. The van der Waals surface area contributed by atoms with Crippen molar-refractivity contribution < 1.29 is 12.8 Å². The van der Waals surface area contributed by atoms with Gasteiger partial charge < -0.3 is 5.73 Å². The Hall–Kier alpha value is -0.940. The number of hydrogen-bond acceptors (Lipinski definition) is 3. The fraction of sp³-hybridized carbons (Fsp3) is 0.455. The molecule has 0 heterocycles. The fourth-order valence-corrected chi connectivity index (χ4v) is 2.74. The molecule has 0 amide bonds. The van der Waals surface area contributed by atoms with Gasteiger partial charge in [0.2, 0.25) is 0 Å². The summed E-state index contributed by atoms with van der Waals surface area (Å²) in [6, 6.07) is 4.92. The average Bonchev–Trinajstić information content (AvgIpc) is 2.25. The molecule has 0 aliphatic rings. The van der Waals surface area contributed by atoms with Gasteiger partial charge in [0.25, 0.3) is 0 Å². The van der Waals surface area contributed by atoms with Gasteiger partial charge in [0.05, 0.1) is 10.6 Å². The lowest BCUT2D eigenvalue weighted by atomic mass is 10.2. The van der Waals surface area contributed by atoms with Crippen LogP contribution in [0, 0.1) is 5.82 Å². The Balaban J connectivity index is 2.60. The van der Waals surface area contributed by atoms with E-state index in [2.05, 4.69) is 0 Å². The number of halogens is 1. The van der Waals surface area contributed by atoms with Crippen molar-refractivity contribution in [3.8, 4) is 0 Å². The summed E-state index contributed by atoms with van der Waals surface area (Å²) in [5.74, 6) is -0.333. The number of hydrogen-bond donors (Lipinski definition) is 1. The lowest BCUT2D eigenvalue weighted by molar-refractivity contribution is 0.589. The van der Waals surface area contributed by atoms with Gasteiger partial charge in [0.1, 0.15) is 5.82 Å². The van der Waals surface area contributed by atoms with E-state index in [9.17, 15) is 12.8 Å². The Morgan fingerprint density at radius 3 is 2.25 bits per heavy atom. The molecule has 5 heteroatoms. The van der Waals surface area contributed by atoms with E-state index >= 15 is 0 Å². The van der Waals surface area contributed by atoms with Crippen LogP contribution in [0.5, 0.6) is 0 Å². The molecule has 90 valence electrons. The minimum Gasteiger partial charge on any atom is -0.330 e. The number of rotatable bonds is 6. The summed E-state index contributed by atoms with van der Waals surface area (Å²) in [5.41, 5.74) is 5.31. The fourth-order valence-electron chi connectivity index (χ4n) is 1.37. The number of benzene rings is 1. The highest BCUT2D eigenvalue weighted by molar-refractivity contribution is 7.91. The molecule has 0 fully saturated rings. The van der Waals surface area contributed by atoms with Gasteiger partial charge in [-0.05, 0) is 43.7 Å². The summed E-state index contributed by atoms with van der Waals surface area (Å²) in [6.07, 6.45) is 2.23. The Labute approximate surface area is 95.4 Å². The number of nitrogens with two attached hydrogens (primary N) is 1. The third kappa shape index (κ3) is 3.90. The van der Waals surface area contributed by atoms with Crippen LogP contribution in [-0.2, 0) is 9.84 Å². The molecule has 0 unspecified atom stereocenters. The van der Waals surface area contributed by atoms with Crippen molar-refractivity contribution >= 4 is 9.84 Å². The standard InChI is InChI=1S/C11H16FNO2S/c12-10-4-6-11(7-5-10)16(14,15)9-3-1-2-8-13/h4-7H,1-3,8-9,13H2. The summed E-state index contributed by atoms with van der Waals surface area (Å²) in [5, 5.41) is 0. The SMILES string of the molecule is NCCCCCS(=O)(=O)c1ccc(F)cc1. The molecule has 3 nitrogen and oxygen atoms in total. The zero-order valence-corrected chi connectivity index (χ0v) is 9.84. The molecular weight excluding hydrogens is 229 g/mol. The minimum absolute atomic E-state index is 0.0959. The predicted octanol–water partition coefficient (Wildman–Crippen LogP) is 1.73. The average molecular weight is 245 g/mol. The Bertz CT molecular complexity index is 414. The summed E-state index contributed by atoms with van der Waals surface area (Å²) in [4.78, 5) is 0.182. The maximum Gasteiger partial charge on any atom is 0.178 e. The van der Waals surface area contributed by atoms with Crippen molar-refractivity contribution in [2.75, 3.05) is 12.3 Å². The van der Waals surface area contributed by atoms with Crippen LogP contribution in [0.15, 0.2) is 29.2 Å². The van der Waals surface area contributed by atoms with Crippen LogP contribution < -0.4 is 5.73 Å². The highest BCUT2D eigenvalue weighted by Crippen LogP contribution is 2.13. The first-order valence-corrected chi connectivity index (χ1v) is 6.90. The van der Waals surface area contributed by atoms with E-state index in [1.54, 1.807) is 0 Å². The van der Waals surface area contributed by atoms with Gasteiger partial charge in [0, 0.05) is 0 Å². The first-order chi connectivity index (χ1) is 7.56. The Morgan fingerprint density at radius 1 is 1.06 bits per heavy atom. The van der Waals surface area contributed by atoms with Crippen LogP contribution in [0.25, 0.3) is 0 Å². The molecule has 0 saturated heterocycles. The molecule has 0 radical (unpaired) electrons. The molecule has 16 heavy (non-hydrogen) atoms. The maximum absolute atomic E-state index is 12.6. The molecule has 0 spiro atoms. The van der Waals surface area contributed by atoms with Crippen LogP contribution in [0.2, 0.25) is 0 Å². The first kappa shape index (κ1) is 13.1. The van der Waals surface area contributed by atoms with Crippen LogP contribution in [0.3, 0.4) is 0 Å². The molecular formula is C11H16FNO2S. The van der Waals surface area contributed by atoms with Crippen molar-refractivity contribution in [2.45, 2.75) is 24.2 Å². The van der Waals surface area contributed by atoms with E-state index in [1.807, 2.05) is 0 Å². The quantitative estimate of drug-likeness (QED) is 0.613. The van der Waals surface area contributed by atoms with Crippen LogP contribution in [0.4, 0.5) is 4.39 Å². The van der Waals surface area contributed by atoms with Gasteiger partial charge in [-0.3, -0.25) is 0 Å². The minimum atomic E-state index is -3.26. The normalized spacial score (nSPS) is 11.6. The van der Waals surface area contributed by atoms with Gasteiger partial charge in [-0.15, -0.1) is 0 Å². The lowest BCUT2D eigenvalue weighted by Gasteiger charge is -2.03. The zero-order valence-electron chi connectivity index (χ0n) is 9.02. The van der Waals surface area contributed by atoms with Crippen molar-refractivity contribution in [2.24, 2.45) is 5.73 Å². The second kappa shape index (κ2) is 5.96. The van der Waals surface area contributed by atoms with E-state index < -0.39 is 15.7 Å². The summed E-state index contributed by atoms with van der Waals surface area (Å²) < 4.78 is 36.1. The second-order valence-electron chi connectivity index (χ2n) is 3.62. The predicted molar refractivity (Wildman–Crippen MR) is 61.4 cm³/mol. The van der Waals surface area contributed by atoms with Crippen LogP contribution in [0.1, 0.15) is 19.3 Å². The largest absolute Gasteiger partial charge is 0.330 e. The zero-order chi connectivity index (χ0) is 12.0. The van der Waals surface area contributed by atoms with Crippen molar-refractivity contribution in [3.05, 3.63) is 30.1 Å². The molecule has 1 aromatic rings. The molecule has 0 bridgehead atoms. The van der Waals surface area contributed by atoms with E-state index in [0.29, 0.717) is 13.0 Å². The number of unbranched alkanes of at least 4 members (excludes halogenated alkanes) is 2. The van der Waals surface area contributed by atoms with E-state index in [0.717, 1.165) is 25.0 Å². The second-order valence-corrected chi connectivity index (χ2v) is 5.73. The summed E-state index contributed by atoms with van der Waals surface area (Å²) in [6.45, 7) is 0.580. The molecule has 0 aliphatic heterocycles. The third-order valence-electron chi connectivity index (χ3n) is 2.29. The molecule has 1 aromatic carbocycles. The van der Waals surface area contributed by atoms with Gasteiger partial charge in [-0.2, -0.15) is 0 Å². The summed E-state index contributed by atoms with van der Waals surface area (Å²) in [7, 11) is -3.26. The van der Waals surface area contributed by atoms with Gasteiger partial charge >= 0.3 is 0 Å². The van der Waals surface area contributed by atoms with Crippen LogP contribution >= 0.6 is 0 Å². The monoisotopic (exact) mass is 245 g/mol. The summed E-state index contributed by atoms with van der Waals surface area (Å²) >= 11 is 0. The molecule has 2 N–H and O–H groups in total. The molecule has 0 aromatic heterocycles.